The number of nitrogens with zero attached hydrogens (tertiary/aromatic N) is 4. The highest BCUT2D eigenvalue weighted by Crippen LogP contribution is 2.38. The van der Waals surface area contributed by atoms with Gasteiger partial charge in [-0.3, -0.25) is 4.79 Å². The Morgan fingerprint density at radius 1 is 1.10 bits per heavy atom. The second-order valence-corrected chi connectivity index (χ2v) is 10.8. The fraction of sp³-hybridized carbons (Fsp3) is 0.231. The molecule has 2 aromatic carbocycles. The van der Waals surface area contributed by atoms with Gasteiger partial charge in [0.05, 0.1) is 22.4 Å². The first-order chi connectivity index (χ1) is 18.5. The summed E-state index contributed by atoms with van der Waals surface area (Å²) in [6, 6.07) is 9.60. The van der Waals surface area contributed by atoms with Gasteiger partial charge in [0, 0.05) is 37.0 Å². The summed E-state index contributed by atoms with van der Waals surface area (Å²) in [5.74, 6) is 2.34. The number of hydrogen-bond acceptors (Lipinski definition) is 6. The summed E-state index contributed by atoms with van der Waals surface area (Å²) in [6.45, 7) is -0.162. The van der Waals surface area contributed by atoms with Crippen LogP contribution in [0.3, 0.4) is 0 Å². The molecule has 1 N–H and O–H groups in total. The summed E-state index contributed by atoms with van der Waals surface area (Å²) in [7, 11) is -4.15. The van der Waals surface area contributed by atoms with Crippen molar-refractivity contribution in [1.82, 2.24) is 19.6 Å². The number of sulfonamides is 1. The van der Waals surface area contributed by atoms with E-state index < -0.39 is 45.7 Å². The molecule has 0 radical (unpaired) electrons. The van der Waals surface area contributed by atoms with Crippen LogP contribution in [0.15, 0.2) is 59.8 Å². The molecule has 39 heavy (non-hydrogen) atoms. The van der Waals surface area contributed by atoms with E-state index in [0.717, 1.165) is 41.0 Å². The first-order valence-corrected chi connectivity index (χ1v) is 12.9. The Labute approximate surface area is 220 Å². The van der Waals surface area contributed by atoms with Gasteiger partial charge in [-0.15, -0.1) is 0 Å². The van der Waals surface area contributed by atoms with Gasteiger partial charge in [0.25, 0.3) is 0 Å². The SMILES string of the molecule is N#Cc1ccc(-c2cnc(C(F)(F)F)nc2)cc1CNC(=O)[C@@H]1[C@H]2C#C[C@H]2CN1S(=O)(=O)c1ccc(F)cc1. The minimum atomic E-state index is -4.69. The molecule has 8 nitrogen and oxygen atoms in total. The molecule has 0 bridgehead atoms. The monoisotopic (exact) mass is 555 g/mol. The lowest BCUT2D eigenvalue weighted by atomic mass is 9.84. The van der Waals surface area contributed by atoms with Crippen molar-refractivity contribution in [2.45, 2.75) is 23.7 Å². The molecule has 1 aromatic heterocycles. The van der Waals surface area contributed by atoms with E-state index in [2.05, 4.69) is 27.1 Å². The van der Waals surface area contributed by atoms with Gasteiger partial charge in [-0.25, -0.2) is 22.8 Å². The molecule has 5 rings (SSSR count). The second-order valence-electron chi connectivity index (χ2n) is 8.89. The maximum atomic E-state index is 13.3. The molecule has 0 saturated carbocycles. The standard InChI is InChI=1S/C26H17F4N5O3S/c27-20-4-6-21(7-5-20)39(37,38)35-14-17-3-8-22(17)23(35)24(36)32-11-18-9-15(1-2-16(18)10-31)19-12-33-25(34-13-19)26(28,29)30/h1-2,4-7,9,12-13,17,22-23H,11,14H2,(H,32,36)/t17-,22-,23-/m0/s1. The lowest BCUT2D eigenvalue weighted by Gasteiger charge is -2.26. The predicted molar refractivity (Wildman–Crippen MR) is 128 cm³/mol. The number of aromatic nitrogens is 2. The van der Waals surface area contributed by atoms with Crippen LogP contribution in [-0.2, 0) is 27.5 Å². The van der Waals surface area contributed by atoms with Crippen LogP contribution < -0.4 is 5.32 Å². The number of carbonyl (C=O) groups excluding carboxylic acids is 1. The maximum absolute atomic E-state index is 13.3. The van der Waals surface area contributed by atoms with E-state index >= 15 is 0 Å². The van der Waals surface area contributed by atoms with Crippen LogP contribution in [-0.4, -0.2) is 41.2 Å². The largest absolute Gasteiger partial charge is 0.451 e. The number of hydrogen-bond donors (Lipinski definition) is 1. The zero-order valence-corrected chi connectivity index (χ0v) is 20.6. The van der Waals surface area contributed by atoms with Crippen molar-refractivity contribution >= 4 is 15.9 Å². The average Bonchev–Trinajstić information content (AvgIpc) is 3.17. The first kappa shape index (κ1) is 26.3. The minimum Gasteiger partial charge on any atom is -0.351 e. The quantitative estimate of drug-likeness (QED) is 0.369. The van der Waals surface area contributed by atoms with Gasteiger partial charge in [-0.2, -0.15) is 22.7 Å². The van der Waals surface area contributed by atoms with Crippen molar-refractivity contribution < 1.29 is 30.8 Å². The van der Waals surface area contributed by atoms with Gasteiger partial charge < -0.3 is 5.32 Å². The number of nitriles is 1. The Morgan fingerprint density at radius 3 is 2.38 bits per heavy atom. The summed E-state index contributed by atoms with van der Waals surface area (Å²) in [4.78, 5) is 19.8. The van der Waals surface area contributed by atoms with Crippen molar-refractivity contribution in [3.63, 3.8) is 0 Å². The smallest absolute Gasteiger partial charge is 0.351 e. The molecule has 1 saturated heterocycles. The number of nitrogens with one attached hydrogen (secondary N) is 1. The lowest BCUT2D eigenvalue weighted by molar-refractivity contribution is -0.145. The van der Waals surface area contributed by atoms with E-state index in [-0.39, 0.29) is 35.0 Å². The van der Waals surface area contributed by atoms with Gasteiger partial charge >= 0.3 is 6.18 Å². The molecule has 3 atom stereocenters. The van der Waals surface area contributed by atoms with E-state index in [0.29, 0.717) is 11.1 Å². The molecular formula is C26H17F4N5O3S. The van der Waals surface area contributed by atoms with Gasteiger partial charge in [0.15, 0.2) is 0 Å². The molecule has 1 aliphatic carbocycles. The Morgan fingerprint density at radius 2 is 1.79 bits per heavy atom. The molecule has 0 spiro atoms. The van der Waals surface area contributed by atoms with Gasteiger partial charge in [-0.1, -0.05) is 17.9 Å². The Bertz CT molecular complexity index is 1660. The van der Waals surface area contributed by atoms with E-state index in [4.69, 9.17) is 0 Å². The summed E-state index contributed by atoms with van der Waals surface area (Å²) in [6.07, 6.45) is -2.68. The summed E-state index contributed by atoms with van der Waals surface area (Å²) >= 11 is 0. The van der Waals surface area contributed by atoms with Crippen LogP contribution in [0.5, 0.6) is 0 Å². The highest BCUT2D eigenvalue weighted by molar-refractivity contribution is 7.89. The highest BCUT2D eigenvalue weighted by atomic mass is 32.2. The number of amides is 1. The molecule has 1 amide bonds. The zero-order valence-electron chi connectivity index (χ0n) is 19.8. The number of carbonyl (C=O) groups is 1. The second kappa shape index (κ2) is 9.76. The fourth-order valence-electron chi connectivity index (χ4n) is 4.46. The number of halogens is 4. The molecular weight excluding hydrogens is 538 g/mol. The van der Waals surface area contributed by atoms with Crippen LogP contribution in [0.25, 0.3) is 11.1 Å². The van der Waals surface area contributed by atoms with E-state index in [1.165, 1.54) is 18.2 Å². The number of rotatable bonds is 6. The van der Waals surface area contributed by atoms with E-state index in [1.807, 2.05) is 6.07 Å². The molecule has 13 heteroatoms. The summed E-state index contributed by atoms with van der Waals surface area (Å²) < 4.78 is 79.3. The van der Waals surface area contributed by atoms with Crippen LogP contribution >= 0.6 is 0 Å². The third-order valence-corrected chi connectivity index (χ3v) is 8.36. The van der Waals surface area contributed by atoms with Crippen LogP contribution in [0, 0.1) is 40.8 Å². The van der Waals surface area contributed by atoms with Crippen molar-refractivity contribution in [1.29, 1.82) is 5.26 Å². The van der Waals surface area contributed by atoms with Gasteiger partial charge in [0.2, 0.25) is 21.8 Å². The van der Waals surface area contributed by atoms with Crippen molar-refractivity contribution in [2.75, 3.05) is 6.54 Å². The van der Waals surface area contributed by atoms with Crippen LogP contribution in [0.2, 0.25) is 0 Å². The van der Waals surface area contributed by atoms with Gasteiger partial charge in [0.1, 0.15) is 11.9 Å². The molecule has 3 aromatic rings. The van der Waals surface area contributed by atoms with E-state index in [1.54, 1.807) is 0 Å². The maximum Gasteiger partial charge on any atom is 0.451 e. The summed E-state index contributed by atoms with van der Waals surface area (Å²) in [5, 5.41) is 12.2. The van der Waals surface area contributed by atoms with Crippen LogP contribution in [0.1, 0.15) is 17.0 Å². The van der Waals surface area contributed by atoms with Crippen LogP contribution in [0.4, 0.5) is 17.6 Å². The molecule has 1 aliphatic heterocycles. The number of fused-ring (bicyclic) bond motifs is 1. The van der Waals surface area contributed by atoms with Crippen molar-refractivity contribution in [2.24, 2.45) is 11.8 Å². The number of alkyl halides is 3. The molecule has 198 valence electrons. The van der Waals surface area contributed by atoms with E-state index in [9.17, 15) is 36.0 Å². The Balaban J connectivity index is 1.37. The first-order valence-electron chi connectivity index (χ1n) is 11.5. The van der Waals surface area contributed by atoms with Crippen molar-refractivity contribution in [3.05, 3.63) is 77.6 Å². The normalized spacial score (nSPS) is 20.2. The average molecular weight is 556 g/mol. The lowest BCUT2D eigenvalue weighted by Crippen LogP contribution is -2.48. The minimum absolute atomic E-state index is 0.00230. The molecule has 1 fully saturated rings. The Kier molecular flexibility index (Phi) is 6.58. The molecule has 0 unspecified atom stereocenters. The molecule has 2 heterocycles. The number of benzene rings is 2. The highest BCUT2D eigenvalue weighted by Gasteiger charge is 2.52. The zero-order chi connectivity index (χ0) is 27.9. The third kappa shape index (κ3) is 4.94. The van der Waals surface area contributed by atoms with Gasteiger partial charge in [-0.05, 0) is 47.5 Å². The molecule has 2 aliphatic rings. The third-order valence-electron chi connectivity index (χ3n) is 6.50. The summed E-state index contributed by atoms with van der Waals surface area (Å²) in [5.41, 5.74) is 1.24. The fourth-order valence-corrected chi connectivity index (χ4v) is 6.10. The van der Waals surface area contributed by atoms with Crippen molar-refractivity contribution in [3.8, 4) is 29.0 Å². The Hall–Kier alpha value is -4.33. The predicted octanol–water partition coefficient (Wildman–Crippen LogP) is 3.11. The topological polar surface area (TPSA) is 116 Å².